The van der Waals surface area contributed by atoms with Crippen molar-refractivity contribution in [2.45, 2.75) is 51.4 Å². The summed E-state index contributed by atoms with van der Waals surface area (Å²) in [5, 5.41) is 0.0914. The highest BCUT2D eigenvalue weighted by atomic mass is 28.4. The third-order valence-corrected chi connectivity index (χ3v) is 7.82. The Morgan fingerprint density at radius 2 is 1.83 bits per heavy atom. The molecule has 2 N–H and O–H groups in total. The van der Waals surface area contributed by atoms with Crippen LogP contribution in [0.2, 0.25) is 18.1 Å². The van der Waals surface area contributed by atoms with E-state index in [9.17, 15) is 4.79 Å². The molecule has 106 valence electrons. The SMILES string of the molecule is C=CCOC(=O)[C@@](C)(N)CO[Si](C)(C)C(C)(C)C. The smallest absolute Gasteiger partial charge is 0.328 e. The van der Waals surface area contributed by atoms with Gasteiger partial charge in [-0.05, 0) is 25.1 Å². The van der Waals surface area contributed by atoms with Crippen LogP contribution in [0.15, 0.2) is 12.7 Å². The Bertz CT molecular complexity index is 306. The van der Waals surface area contributed by atoms with E-state index in [1.165, 1.54) is 6.08 Å². The minimum absolute atomic E-state index is 0.0914. The molecule has 0 spiro atoms. The van der Waals surface area contributed by atoms with Crippen molar-refractivity contribution in [3.8, 4) is 0 Å². The van der Waals surface area contributed by atoms with Gasteiger partial charge in [0.15, 0.2) is 8.32 Å². The second-order valence-corrected chi connectivity index (χ2v) is 11.2. The lowest BCUT2D eigenvalue weighted by Crippen LogP contribution is -2.54. The van der Waals surface area contributed by atoms with Crippen LogP contribution in [0.5, 0.6) is 0 Å². The Morgan fingerprint density at radius 3 is 2.22 bits per heavy atom. The highest BCUT2D eigenvalue weighted by Gasteiger charge is 2.40. The molecule has 0 aliphatic heterocycles. The van der Waals surface area contributed by atoms with E-state index < -0.39 is 19.8 Å². The lowest BCUT2D eigenvalue weighted by Gasteiger charge is -2.38. The van der Waals surface area contributed by atoms with Gasteiger partial charge in [0.2, 0.25) is 0 Å². The number of nitrogens with two attached hydrogens (primary N) is 1. The van der Waals surface area contributed by atoms with Crippen LogP contribution in [0.4, 0.5) is 0 Å². The van der Waals surface area contributed by atoms with Gasteiger partial charge in [0, 0.05) is 0 Å². The van der Waals surface area contributed by atoms with Crippen LogP contribution in [0.1, 0.15) is 27.7 Å². The van der Waals surface area contributed by atoms with Crippen LogP contribution in [0.25, 0.3) is 0 Å². The highest BCUT2D eigenvalue weighted by molar-refractivity contribution is 6.74. The number of carbonyl (C=O) groups excluding carboxylic acids is 1. The molecular weight excluding hydrogens is 246 g/mol. The highest BCUT2D eigenvalue weighted by Crippen LogP contribution is 2.36. The maximum atomic E-state index is 11.7. The van der Waals surface area contributed by atoms with Crippen molar-refractivity contribution < 1.29 is 14.0 Å². The largest absolute Gasteiger partial charge is 0.460 e. The Balaban J connectivity index is 4.51. The Hall–Kier alpha value is -0.653. The topological polar surface area (TPSA) is 61.5 Å². The van der Waals surface area contributed by atoms with Gasteiger partial charge < -0.3 is 14.9 Å². The normalized spacial score (nSPS) is 15.9. The molecule has 0 rings (SSSR count). The van der Waals surface area contributed by atoms with Crippen molar-refractivity contribution in [2.24, 2.45) is 5.73 Å². The van der Waals surface area contributed by atoms with Crippen LogP contribution in [-0.4, -0.2) is 33.0 Å². The average molecular weight is 273 g/mol. The molecule has 0 aromatic rings. The first-order valence-corrected chi connectivity index (χ1v) is 9.06. The van der Waals surface area contributed by atoms with Gasteiger partial charge in [-0.2, -0.15) is 0 Å². The molecule has 0 heterocycles. The zero-order chi connectivity index (χ0) is 14.6. The second kappa shape index (κ2) is 5.99. The molecule has 1 atom stereocenters. The number of ether oxygens (including phenoxy) is 1. The van der Waals surface area contributed by atoms with E-state index in [2.05, 4.69) is 40.4 Å². The van der Waals surface area contributed by atoms with Crippen LogP contribution >= 0.6 is 0 Å². The monoisotopic (exact) mass is 273 g/mol. The molecule has 0 fully saturated rings. The summed E-state index contributed by atoms with van der Waals surface area (Å²) in [6.07, 6.45) is 1.52. The number of hydrogen-bond donors (Lipinski definition) is 1. The summed E-state index contributed by atoms with van der Waals surface area (Å²) in [5.74, 6) is -0.457. The Labute approximate surface area is 112 Å². The van der Waals surface area contributed by atoms with Crippen LogP contribution in [0.3, 0.4) is 0 Å². The molecule has 0 bridgehead atoms. The zero-order valence-corrected chi connectivity index (χ0v) is 13.5. The summed E-state index contributed by atoms with van der Waals surface area (Å²) in [5.41, 5.74) is 4.83. The third-order valence-electron chi connectivity index (χ3n) is 3.34. The molecule has 0 amide bonds. The molecule has 0 radical (unpaired) electrons. The molecule has 0 aromatic carbocycles. The summed E-state index contributed by atoms with van der Waals surface area (Å²) < 4.78 is 10.9. The van der Waals surface area contributed by atoms with E-state index in [1.54, 1.807) is 6.92 Å². The summed E-state index contributed by atoms with van der Waals surface area (Å²) in [7, 11) is -1.90. The van der Waals surface area contributed by atoms with E-state index in [1.807, 2.05) is 0 Å². The number of esters is 1. The molecule has 18 heavy (non-hydrogen) atoms. The molecular formula is C13H27NO3Si. The molecule has 0 aromatic heterocycles. The zero-order valence-electron chi connectivity index (χ0n) is 12.5. The fraction of sp³-hybridized carbons (Fsp3) is 0.769. The Morgan fingerprint density at radius 1 is 1.33 bits per heavy atom. The minimum Gasteiger partial charge on any atom is -0.460 e. The van der Waals surface area contributed by atoms with Gasteiger partial charge in [0.1, 0.15) is 12.1 Å². The van der Waals surface area contributed by atoms with Crippen LogP contribution in [0, 0.1) is 0 Å². The molecule has 0 unspecified atom stereocenters. The predicted octanol–water partition coefficient (Wildman–Crippen LogP) is 2.45. The van der Waals surface area contributed by atoms with Crippen LogP contribution in [-0.2, 0) is 14.0 Å². The summed E-state index contributed by atoms with van der Waals surface area (Å²) in [6.45, 7) is 16.1. The standard InChI is InChI=1S/C13H27NO3Si/c1-8-9-16-11(15)13(5,14)10-17-18(6,7)12(2,3)4/h8H,1,9-10,14H2,2-7H3/t13-/m0/s1. The fourth-order valence-electron chi connectivity index (χ4n) is 0.905. The van der Waals surface area contributed by atoms with Crippen LogP contribution < -0.4 is 5.73 Å². The van der Waals surface area contributed by atoms with Gasteiger partial charge in [-0.1, -0.05) is 33.4 Å². The first kappa shape index (κ1) is 17.3. The van der Waals surface area contributed by atoms with E-state index >= 15 is 0 Å². The lowest BCUT2D eigenvalue weighted by atomic mass is 10.1. The molecule has 0 aliphatic rings. The van der Waals surface area contributed by atoms with E-state index in [-0.39, 0.29) is 18.3 Å². The van der Waals surface area contributed by atoms with Crippen molar-refractivity contribution in [2.75, 3.05) is 13.2 Å². The average Bonchev–Trinajstić information content (AvgIpc) is 2.21. The van der Waals surface area contributed by atoms with Crippen molar-refractivity contribution >= 4 is 14.3 Å². The van der Waals surface area contributed by atoms with Gasteiger partial charge in [-0.15, -0.1) is 0 Å². The maximum absolute atomic E-state index is 11.7. The van der Waals surface area contributed by atoms with Crippen molar-refractivity contribution in [1.82, 2.24) is 0 Å². The summed E-state index contributed by atoms with van der Waals surface area (Å²) in [6, 6.07) is 0. The van der Waals surface area contributed by atoms with Crippen molar-refractivity contribution in [3.63, 3.8) is 0 Å². The quantitative estimate of drug-likeness (QED) is 0.459. The fourth-order valence-corrected chi connectivity index (χ4v) is 2.00. The lowest BCUT2D eigenvalue weighted by molar-refractivity contribution is -0.149. The van der Waals surface area contributed by atoms with Gasteiger partial charge in [-0.25, -0.2) is 4.79 Å². The number of carbonyl (C=O) groups is 1. The third kappa shape index (κ3) is 4.92. The maximum Gasteiger partial charge on any atom is 0.328 e. The van der Waals surface area contributed by atoms with Gasteiger partial charge >= 0.3 is 5.97 Å². The second-order valence-electron chi connectivity index (χ2n) is 6.35. The van der Waals surface area contributed by atoms with E-state index in [0.717, 1.165) is 0 Å². The molecule has 0 saturated heterocycles. The van der Waals surface area contributed by atoms with Gasteiger partial charge in [0.05, 0.1) is 6.61 Å². The molecule has 5 heteroatoms. The van der Waals surface area contributed by atoms with E-state index in [4.69, 9.17) is 14.9 Å². The molecule has 4 nitrogen and oxygen atoms in total. The molecule has 0 saturated carbocycles. The Kier molecular flexibility index (Phi) is 5.78. The predicted molar refractivity (Wildman–Crippen MR) is 76.9 cm³/mol. The summed E-state index contributed by atoms with van der Waals surface area (Å²) >= 11 is 0. The number of hydrogen-bond acceptors (Lipinski definition) is 4. The minimum atomic E-state index is -1.90. The van der Waals surface area contributed by atoms with Crippen molar-refractivity contribution in [3.05, 3.63) is 12.7 Å². The van der Waals surface area contributed by atoms with Crippen molar-refractivity contribution in [1.29, 1.82) is 0 Å². The first-order valence-electron chi connectivity index (χ1n) is 6.15. The van der Waals surface area contributed by atoms with E-state index in [0.29, 0.717) is 0 Å². The van der Waals surface area contributed by atoms with Gasteiger partial charge in [-0.3, -0.25) is 0 Å². The number of rotatable bonds is 6. The first-order chi connectivity index (χ1) is 7.94. The molecule has 0 aliphatic carbocycles. The summed E-state index contributed by atoms with van der Waals surface area (Å²) in [4.78, 5) is 11.7. The van der Waals surface area contributed by atoms with Gasteiger partial charge in [0.25, 0.3) is 0 Å².